The van der Waals surface area contributed by atoms with Crippen molar-refractivity contribution >= 4 is 11.6 Å². The highest BCUT2D eigenvalue weighted by molar-refractivity contribution is 6.29. The molecular formula is C16H17ClO2. The number of fused-ring (bicyclic) bond motifs is 1. The zero-order chi connectivity index (χ0) is 13.5. The highest BCUT2D eigenvalue weighted by Crippen LogP contribution is 2.39. The van der Waals surface area contributed by atoms with Crippen LogP contribution in [0.5, 0.6) is 0 Å². The SMILES string of the molecule is COCC1(C)Cc2ccc(-c3ccc(Cl)o3)cc2C1. The molecule has 1 aliphatic rings. The maximum Gasteiger partial charge on any atom is 0.193 e. The Labute approximate surface area is 118 Å². The fraction of sp³-hybridized carbons (Fsp3) is 0.375. The summed E-state index contributed by atoms with van der Waals surface area (Å²) in [5.74, 6) is 0.827. The predicted molar refractivity (Wildman–Crippen MR) is 76.5 cm³/mol. The van der Waals surface area contributed by atoms with Gasteiger partial charge in [0.15, 0.2) is 5.22 Å². The summed E-state index contributed by atoms with van der Waals surface area (Å²) in [5.41, 5.74) is 4.12. The van der Waals surface area contributed by atoms with Crippen LogP contribution < -0.4 is 0 Å². The fourth-order valence-corrected chi connectivity index (χ4v) is 3.16. The molecule has 2 aromatic rings. The molecule has 100 valence electrons. The Hall–Kier alpha value is -1.25. The Bertz CT molecular complexity index is 603. The van der Waals surface area contributed by atoms with Crippen LogP contribution in [0, 0.1) is 5.41 Å². The number of benzene rings is 1. The van der Waals surface area contributed by atoms with Gasteiger partial charge in [0, 0.05) is 12.7 Å². The third-order valence-electron chi connectivity index (χ3n) is 3.79. The maximum absolute atomic E-state index is 5.83. The van der Waals surface area contributed by atoms with Crippen LogP contribution in [-0.2, 0) is 17.6 Å². The number of halogens is 1. The monoisotopic (exact) mass is 276 g/mol. The molecule has 19 heavy (non-hydrogen) atoms. The lowest BCUT2D eigenvalue weighted by molar-refractivity contribution is 0.0990. The van der Waals surface area contributed by atoms with Gasteiger partial charge < -0.3 is 9.15 Å². The minimum atomic E-state index is 0.219. The number of hydrogen-bond acceptors (Lipinski definition) is 2. The summed E-state index contributed by atoms with van der Waals surface area (Å²) in [4.78, 5) is 0. The van der Waals surface area contributed by atoms with Gasteiger partial charge in [0.2, 0.25) is 0 Å². The third kappa shape index (κ3) is 2.43. The van der Waals surface area contributed by atoms with Crippen LogP contribution in [0.3, 0.4) is 0 Å². The molecule has 2 nitrogen and oxygen atoms in total. The second-order valence-electron chi connectivity index (χ2n) is 5.68. The summed E-state index contributed by atoms with van der Waals surface area (Å²) in [6.07, 6.45) is 2.13. The molecule has 1 unspecified atom stereocenters. The smallest absolute Gasteiger partial charge is 0.193 e. The lowest BCUT2D eigenvalue weighted by atomic mass is 9.88. The van der Waals surface area contributed by atoms with Crippen LogP contribution in [-0.4, -0.2) is 13.7 Å². The molecule has 0 radical (unpaired) electrons. The predicted octanol–water partition coefficient (Wildman–Crippen LogP) is 4.35. The van der Waals surface area contributed by atoms with Gasteiger partial charge in [-0.05, 0) is 59.2 Å². The van der Waals surface area contributed by atoms with Crippen LogP contribution >= 0.6 is 11.6 Å². The average Bonchev–Trinajstić information content (AvgIpc) is 2.91. The number of hydrogen-bond donors (Lipinski definition) is 0. The van der Waals surface area contributed by atoms with Gasteiger partial charge in [0.05, 0.1) is 6.61 Å². The van der Waals surface area contributed by atoms with E-state index in [0.717, 1.165) is 30.8 Å². The van der Waals surface area contributed by atoms with E-state index in [9.17, 15) is 0 Å². The van der Waals surface area contributed by atoms with Gasteiger partial charge in [-0.3, -0.25) is 0 Å². The highest BCUT2D eigenvalue weighted by atomic mass is 35.5. The summed E-state index contributed by atoms with van der Waals surface area (Å²) >= 11 is 5.83. The first-order valence-electron chi connectivity index (χ1n) is 6.46. The van der Waals surface area contributed by atoms with Gasteiger partial charge in [0.1, 0.15) is 5.76 Å². The Morgan fingerprint density at radius 1 is 1.21 bits per heavy atom. The van der Waals surface area contributed by atoms with Crippen LogP contribution in [0.4, 0.5) is 0 Å². The first-order chi connectivity index (χ1) is 9.09. The second kappa shape index (κ2) is 4.69. The molecule has 0 bridgehead atoms. The summed E-state index contributed by atoms with van der Waals surface area (Å²) in [5, 5.41) is 0.430. The minimum absolute atomic E-state index is 0.219. The molecule has 0 spiro atoms. The molecule has 1 atom stereocenters. The first kappa shape index (κ1) is 12.8. The van der Waals surface area contributed by atoms with Crippen LogP contribution in [0.25, 0.3) is 11.3 Å². The molecule has 3 heteroatoms. The topological polar surface area (TPSA) is 22.4 Å². The van der Waals surface area contributed by atoms with Crippen molar-refractivity contribution in [1.29, 1.82) is 0 Å². The van der Waals surface area contributed by atoms with E-state index in [2.05, 4.69) is 25.1 Å². The number of furan rings is 1. The van der Waals surface area contributed by atoms with Crippen molar-refractivity contribution in [3.05, 3.63) is 46.7 Å². The van der Waals surface area contributed by atoms with Gasteiger partial charge in [0.25, 0.3) is 0 Å². The molecule has 0 saturated heterocycles. The summed E-state index contributed by atoms with van der Waals surface area (Å²) in [7, 11) is 1.77. The van der Waals surface area contributed by atoms with E-state index in [1.165, 1.54) is 11.1 Å². The maximum atomic E-state index is 5.83. The highest BCUT2D eigenvalue weighted by Gasteiger charge is 2.33. The molecule has 1 aliphatic carbocycles. The summed E-state index contributed by atoms with van der Waals surface area (Å²) in [6.45, 7) is 3.07. The molecule has 0 aliphatic heterocycles. The Morgan fingerprint density at radius 2 is 2.00 bits per heavy atom. The normalized spacial score (nSPS) is 21.6. The van der Waals surface area contributed by atoms with Crippen molar-refractivity contribution in [2.45, 2.75) is 19.8 Å². The van der Waals surface area contributed by atoms with Crippen molar-refractivity contribution in [3.8, 4) is 11.3 Å². The molecular weight excluding hydrogens is 260 g/mol. The molecule has 1 aromatic heterocycles. The minimum Gasteiger partial charge on any atom is -0.445 e. The van der Waals surface area contributed by atoms with Gasteiger partial charge in [-0.25, -0.2) is 0 Å². The summed E-state index contributed by atoms with van der Waals surface area (Å²) < 4.78 is 10.8. The lowest BCUT2D eigenvalue weighted by Crippen LogP contribution is -2.22. The van der Waals surface area contributed by atoms with E-state index in [0.29, 0.717) is 5.22 Å². The quantitative estimate of drug-likeness (QED) is 0.831. The van der Waals surface area contributed by atoms with Gasteiger partial charge >= 0.3 is 0 Å². The van der Waals surface area contributed by atoms with Crippen molar-refractivity contribution in [1.82, 2.24) is 0 Å². The zero-order valence-electron chi connectivity index (χ0n) is 11.2. The van der Waals surface area contributed by atoms with Crippen molar-refractivity contribution in [2.75, 3.05) is 13.7 Å². The second-order valence-corrected chi connectivity index (χ2v) is 6.06. The van der Waals surface area contributed by atoms with E-state index in [4.69, 9.17) is 20.8 Å². The van der Waals surface area contributed by atoms with Gasteiger partial charge in [-0.15, -0.1) is 0 Å². The molecule has 3 rings (SSSR count). The van der Waals surface area contributed by atoms with E-state index in [1.807, 2.05) is 6.07 Å². The van der Waals surface area contributed by atoms with Crippen LogP contribution in [0.15, 0.2) is 34.7 Å². The molecule has 1 aromatic carbocycles. The van der Waals surface area contributed by atoms with Gasteiger partial charge in [-0.2, -0.15) is 0 Å². The van der Waals surface area contributed by atoms with Crippen molar-refractivity contribution in [3.63, 3.8) is 0 Å². The largest absolute Gasteiger partial charge is 0.445 e. The van der Waals surface area contributed by atoms with E-state index in [-0.39, 0.29) is 5.41 Å². The van der Waals surface area contributed by atoms with E-state index in [1.54, 1.807) is 13.2 Å². The number of rotatable bonds is 3. The van der Waals surface area contributed by atoms with Crippen molar-refractivity contribution < 1.29 is 9.15 Å². The van der Waals surface area contributed by atoms with Crippen LogP contribution in [0.1, 0.15) is 18.1 Å². The Kier molecular flexibility index (Phi) is 3.15. The zero-order valence-corrected chi connectivity index (χ0v) is 12.0. The summed E-state index contributed by atoms with van der Waals surface area (Å²) in [6, 6.07) is 10.2. The third-order valence-corrected chi connectivity index (χ3v) is 3.99. The molecule has 0 N–H and O–H groups in total. The standard InChI is InChI=1S/C16H17ClO2/c1-16(10-18-2)8-12-4-3-11(7-13(12)9-16)14-5-6-15(17)19-14/h3-7H,8-10H2,1-2H3. The van der Waals surface area contributed by atoms with E-state index < -0.39 is 0 Å². The number of methoxy groups -OCH3 is 1. The van der Waals surface area contributed by atoms with Crippen molar-refractivity contribution in [2.24, 2.45) is 5.41 Å². The molecule has 0 saturated carbocycles. The molecule has 0 amide bonds. The number of ether oxygens (including phenoxy) is 1. The fourth-order valence-electron chi connectivity index (χ4n) is 3.02. The first-order valence-corrected chi connectivity index (χ1v) is 6.84. The Balaban J connectivity index is 1.91. The Morgan fingerprint density at radius 3 is 2.68 bits per heavy atom. The lowest BCUT2D eigenvalue weighted by Gasteiger charge is -2.21. The molecule has 1 heterocycles. The average molecular weight is 277 g/mol. The van der Waals surface area contributed by atoms with E-state index >= 15 is 0 Å². The van der Waals surface area contributed by atoms with Crippen LogP contribution in [0.2, 0.25) is 5.22 Å². The van der Waals surface area contributed by atoms with Gasteiger partial charge in [-0.1, -0.05) is 19.1 Å². The molecule has 0 fully saturated rings.